The SMILES string of the molecule is CCCc1cc(=O)[nH]c(Sc2ccc(CN)cn2)n1. The number of nitrogens with two attached hydrogens (primary N) is 1. The Morgan fingerprint density at radius 1 is 1.42 bits per heavy atom. The van der Waals surface area contributed by atoms with Gasteiger partial charge < -0.3 is 10.7 Å². The van der Waals surface area contributed by atoms with Crippen LogP contribution in [0, 0.1) is 0 Å². The molecule has 0 saturated carbocycles. The molecule has 2 rings (SSSR count). The molecule has 5 nitrogen and oxygen atoms in total. The minimum absolute atomic E-state index is 0.125. The number of nitrogens with one attached hydrogen (secondary N) is 1. The first-order valence-electron chi connectivity index (χ1n) is 6.14. The van der Waals surface area contributed by atoms with Gasteiger partial charge in [-0.2, -0.15) is 0 Å². The first kappa shape index (κ1) is 13.8. The molecule has 0 radical (unpaired) electrons. The maximum atomic E-state index is 11.5. The zero-order chi connectivity index (χ0) is 13.7. The van der Waals surface area contributed by atoms with Crippen LogP contribution in [0.5, 0.6) is 0 Å². The molecule has 19 heavy (non-hydrogen) atoms. The summed E-state index contributed by atoms with van der Waals surface area (Å²) in [5.74, 6) is 0. The summed E-state index contributed by atoms with van der Waals surface area (Å²) in [6.07, 6.45) is 3.50. The van der Waals surface area contributed by atoms with Crippen molar-refractivity contribution in [1.29, 1.82) is 0 Å². The number of hydrogen-bond donors (Lipinski definition) is 2. The average molecular weight is 276 g/mol. The van der Waals surface area contributed by atoms with E-state index in [1.165, 1.54) is 11.8 Å². The van der Waals surface area contributed by atoms with Crippen LogP contribution < -0.4 is 11.3 Å². The Morgan fingerprint density at radius 3 is 2.89 bits per heavy atom. The number of aromatic nitrogens is 3. The number of aromatic amines is 1. The van der Waals surface area contributed by atoms with Crippen molar-refractivity contribution in [3.8, 4) is 0 Å². The van der Waals surface area contributed by atoms with Gasteiger partial charge in [0, 0.05) is 24.5 Å². The lowest BCUT2D eigenvalue weighted by Gasteiger charge is -2.03. The van der Waals surface area contributed by atoms with Gasteiger partial charge >= 0.3 is 0 Å². The number of H-pyrrole nitrogens is 1. The zero-order valence-electron chi connectivity index (χ0n) is 10.7. The maximum Gasteiger partial charge on any atom is 0.251 e. The third-order valence-corrected chi connectivity index (χ3v) is 3.35. The molecule has 2 aromatic rings. The second-order valence-electron chi connectivity index (χ2n) is 4.10. The summed E-state index contributed by atoms with van der Waals surface area (Å²) in [6.45, 7) is 2.53. The van der Waals surface area contributed by atoms with E-state index >= 15 is 0 Å². The summed E-state index contributed by atoms with van der Waals surface area (Å²) in [6, 6.07) is 5.33. The van der Waals surface area contributed by atoms with Crippen LogP contribution in [0.4, 0.5) is 0 Å². The highest BCUT2D eigenvalue weighted by Crippen LogP contribution is 2.21. The Kier molecular flexibility index (Phi) is 4.70. The molecule has 0 fully saturated rings. The minimum Gasteiger partial charge on any atom is -0.326 e. The van der Waals surface area contributed by atoms with Gasteiger partial charge in [0.1, 0.15) is 5.03 Å². The largest absolute Gasteiger partial charge is 0.326 e. The Bertz CT molecular complexity index is 594. The second kappa shape index (κ2) is 6.49. The smallest absolute Gasteiger partial charge is 0.251 e. The van der Waals surface area contributed by atoms with Crippen molar-refractivity contribution in [2.24, 2.45) is 5.73 Å². The van der Waals surface area contributed by atoms with Crippen LogP contribution >= 0.6 is 11.8 Å². The van der Waals surface area contributed by atoms with E-state index in [-0.39, 0.29) is 5.56 Å². The van der Waals surface area contributed by atoms with Gasteiger partial charge in [-0.15, -0.1) is 0 Å². The summed E-state index contributed by atoms with van der Waals surface area (Å²) < 4.78 is 0. The zero-order valence-corrected chi connectivity index (χ0v) is 11.5. The molecule has 0 aromatic carbocycles. The summed E-state index contributed by atoms with van der Waals surface area (Å²) in [5, 5.41) is 1.36. The Balaban J connectivity index is 2.19. The molecular formula is C13H16N4OS. The van der Waals surface area contributed by atoms with Gasteiger partial charge in [0.05, 0.1) is 0 Å². The molecule has 3 N–H and O–H groups in total. The second-order valence-corrected chi connectivity index (χ2v) is 5.11. The van der Waals surface area contributed by atoms with Gasteiger partial charge in [-0.3, -0.25) is 4.79 Å². The van der Waals surface area contributed by atoms with Crippen molar-refractivity contribution in [1.82, 2.24) is 15.0 Å². The number of pyridine rings is 1. The van der Waals surface area contributed by atoms with Crippen molar-refractivity contribution >= 4 is 11.8 Å². The van der Waals surface area contributed by atoms with Gasteiger partial charge in [-0.1, -0.05) is 19.4 Å². The maximum absolute atomic E-state index is 11.5. The molecular weight excluding hydrogens is 260 g/mol. The van der Waals surface area contributed by atoms with E-state index in [1.807, 2.05) is 12.1 Å². The predicted octanol–water partition coefficient (Wildman–Crippen LogP) is 1.73. The number of rotatable bonds is 5. The van der Waals surface area contributed by atoms with Crippen LogP contribution in [0.15, 0.2) is 39.4 Å². The molecule has 0 atom stereocenters. The Hall–Kier alpha value is -1.66. The summed E-state index contributed by atoms with van der Waals surface area (Å²) in [4.78, 5) is 22.9. The molecule has 0 aliphatic rings. The standard InChI is InChI=1S/C13H16N4OS/c1-2-3-10-6-11(18)17-13(16-10)19-12-5-4-9(7-14)8-15-12/h4-6,8H,2-3,7,14H2,1H3,(H,16,17,18). The topological polar surface area (TPSA) is 84.7 Å². The minimum atomic E-state index is -0.125. The van der Waals surface area contributed by atoms with Crippen molar-refractivity contribution in [2.75, 3.05) is 0 Å². The molecule has 6 heteroatoms. The van der Waals surface area contributed by atoms with E-state index in [2.05, 4.69) is 21.9 Å². The van der Waals surface area contributed by atoms with E-state index in [4.69, 9.17) is 5.73 Å². The van der Waals surface area contributed by atoms with E-state index in [0.29, 0.717) is 11.7 Å². The third-order valence-electron chi connectivity index (χ3n) is 2.51. The van der Waals surface area contributed by atoms with Gasteiger partial charge in [0.25, 0.3) is 5.56 Å². The van der Waals surface area contributed by atoms with Crippen LogP contribution in [0.2, 0.25) is 0 Å². The molecule has 100 valence electrons. The predicted molar refractivity (Wildman–Crippen MR) is 75.1 cm³/mol. The highest BCUT2D eigenvalue weighted by Gasteiger charge is 2.04. The van der Waals surface area contributed by atoms with Crippen LogP contribution in [-0.2, 0) is 13.0 Å². The van der Waals surface area contributed by atoms with Crippen LogP contribution in [0.1, 0.15) is 24.6 Å². The van der Waals surface area contributed by atoms with Crippen molar-refractivity contribution in [2.45, 2.75) is 36.5 Å². The number of aryl methyl sites for hydroxylation is 1. The van der Waals surface area contributed by atoms with Gasteiger partial charge in [-0.05, 0) is 29.8 Å². The Labute approximate surface area is 115 Å². The molecule has 0 spiro atoms. The van der Waals surface area contributed by atoms with Gasteiger partial charge in [0.15, 0.2) is 5.16 Å². The Morgan fingerprint density at radius 2 is 2.26 bits per heavy atom. The number of hydrogen-bond acceptors (Lipinski definition) is 5. The normalized spacial score (nSPS) is 10.6. The van der Waals surface area contributed by atoms with E-state index in [0.717, 1.165) is 29.1 Å². The first-order valence-corrected chi connectivity index (χ1v) is 6.96. The monoisotopic (exact) mass is 276 g/mol. The van der Waals surface area contributed by atoms with Crippen LogP contribution in [0.3, 0.4) is 0 Å². The van der Waals surface area contributed by atoms with Crippen molar-refractivity contribution in [3.05, 3.63) is 46.0 Å². The first-order chi connectivity index (χ1) is 9.21. The van der Waals surface area contributed by atoms with Crippen molar-refractivity contribution in [3.63, 3.8) is 0 Å². The molecule has 2 heterocycles. The lowest BCUT2D eigenvalue weighted by atomic mass is 10.2. The molecule has 0 saturated heterocycles. The molecule has 2 aromatic heterocycles. The van der Waals surface area contributed by atoms with Crippen molar-refractivity contribution < 1.29 is 0 Å². The fourth-order valence-corrected chi connectivity index (χ4v) is 2.36. The number of nitrogens with zero attached hydrogens (tertiary/aromatic N) is 2. The fourth-order valence-electron chi connectivity index (χ4n) is 1.61. The highest BCUT2D eigenvalue weighted by molar-refractivity contribution is 7.99. The summed E-state index contributed by atoms with van der Waals surface area (Å²) >= 11 is 1.34. The quantitative estimate of drug-likeness (QED) is 0.812. The summed E-state index contributed by atoms with van der Waals surface area (Å²) in [5.41, 5.74) is 7.18. The van der Waals surface area contributed by atoms with E-state index in [9.17, 15) is 4.79 Å². The third kappa shape index (κ3) is 3.90. The molecule has 0 bridgehead atoms. The van der Waals surface area contributed by atoms with Crippen LogP contribution in [-0.4, -0.2) is 15.0 Å². The average Bonchev–Trinajstić information content (AvgIpc) is 2.39. The van der Waals surface area contributed by atoms with Gasteiger partial charge in [0.2, 0.25) is 0 Å². The van der Waals surface area contributed by atoms with Crippen LogP contribution in [0.25, 0.3) is 0 Å². The lowest BCUT2D eigenvalue weighted by molar-refractivity contribution is 0.815. The molecule has 0 unspecified atom stereocenters. The highest BCUT2D eigenvalue weighted by atomic mass is 32.2. The molecule has 0 aliphatic carbocycles. The van der Waals surface area contributed by atoms with E-state index < -0.39 is 0 Å². The molecule has 0 amide bonds. The fraction of sp³-hybridized carbons (Fsp3) is 0.308. The van der Waals surface area contributed by atoms with Gasteiger partial charge in [-0.25, -0.2) is 9.97 Å². The van der Waals surface area contributed by atoms with E-state index in [1.54, 1.807) is 12.3 Å². The lowest BCUT2D eigenvalue weighted by Crippen LogP contribution is -2.09. The molecule has 0 aliphatic heterocycles. The summed E-state index contributed by atoms with van der Waals surface area (Å²) in [7, 11) is 0.